The minimum Gasteiger partial charge on any atom is -0.206 e. The maximum atomic E-state index is 13.6. The van der Waals surface area contributed by atoms with Gasteiger partial charge < -0.3 is 0 Å². The fourth-order valence-corrected chi connectivity index (χ4v) is 2.51. The van der Waals surface area contributed by atoms with Gasteiger partial charge in [-0.25, -0.2) is 4.39 Å². The number of hydrogen-bond acceptors (Lipinski definition) is 0. The van der Waals surface area contributed by atoms with Gasteiger partial charge in [0.25, 0.3) is 0 Å². The molecular weight excluding hydrogens is 259 g/mol. The van der Waals surface area contributed by atoms with Crippen molar-refractivity contribution in [2.24, 2.45) is 0 Å². The third kappa shape index (κ3) is 3.36. The van der Waals surface area contributed by atoms with Crippen LogP contribution in [0.1, 0.15) is 33.2 Å². The predicted molar refractivity (Wildman–Crippen MR) is 79.4 cm³/mol. The highest BCUT2D eigenvalue weighted by atomic mass is 35.5. The van der Waals surface area contributed by atoms with Crippen LogP contribution in [0.15, 0.2) is 36.4 Å². The maximum Gasteiger partial charge on any atom is 0.129 e. The standard InChI is InChI=1S/C17H18ClF/c1-11-4-6-14(7-5-11)10-16(18)15-8-12(2)17(19)13(3)9-15/h4-9,16H,10H2,1-3H3. The van der Waals surface area contributed by atoms with Crippen LogP contribution in [0.2, 0.25) is 0 Å². The van der Waals surface area contributed by atoms with E-state index in [0.717, 1.165) is 12.0 Å². The maximum absolute atomic E-state index is 13.6. The number of hydrogen-bond donors (Lipinski definition) is 0. The van der Waals surface area contributed by atoms with Gasteiger partial charge in [0.2, 0.25) is 0 Å². The number of rotatable bonds is 3. The van der Waals surface area contributed by atoms with E-state index >= 15 is 0 Å². The summed E-state index contributed by atoms with van der Waals surface area (Å²) in [5, 5.41) is -0.124. The first-order valence-corrected chi connectivity index (χ1v) is 6.87. The van der Waals surface area contributed by atoms with Gasteiger partial charge in [0.05, 0.1) is 5.38 Å². The lowest BCUT2D eigenvalue weighted by Gasteiger charge is -2.13. The van der Waals surface area contributed by atoms with Crippen molar-refractivity contribution in [1.29, 1.82) is 0 Å². The fourth-order valence-electron chi connectivity index (χ4n) is 2.21. The molecule has 0 spiro atoms. The third-order valence-corrected chi connectivity index (χ3v) is 3.76. The van der Waals surface area contributed by atoms with Crippen molar-refractivity contribution in [3.8, 4) is 0 Å². The van der Waals surface area contributed by atoms with Gasteiger partial charge in [-0.3, -0.25) is 0 Å². The van der Waals surface area contributed by atoms with Crippen molar-refractivity contribution < 1.29 is 4.39 Å². The van der Waals surface area contributed by atoms with Crippen molar-refractivity contribution in [1.82, 2.24) is 0 Å². The van der Waals surface area contributed by atoms with E-state index in [-0.39, 0.29) is 11.2 Å². The van der Waals surface area contributed by atoms with Crippen molar-refractivity contribution in [3.05, 3.63) is 70.0 Å². The Morgan fingerprint density at radius 3 is 2.05 bits per heavy atom. The van der Waals surface area contributed by atoms with Crippen LogP contribution in [0.5, 0.6) is 0 Å². The molecule has 0 aliphatic rings. The highest BCUT2D eigenvalue weighted by Crippen LogP contribution is 2.28. The smallest absolute Gasteiger partial charge is 0.129 e. The molecule has 2 aromatic rings. The number of benzene rings is 2. The lowest BCUT2D eigenvalue weighted by molar-refractivity contribution is 0.608. The average Bonchev–Trinajstić information content (AvgIpc) is 2.38. The summed E-state index contributed by atoms with van der Waals surface area (Å²) >= 11 is 6.45. The molecule has 2 rings (SSSR count). The molecule has 19 heavy (non-hydrogen) atoms. The summed E-state index contributed by atoms with van der Waals surface area (Å²) < 4.78 is 13.6. The summed E-state index contributed by atoms with van der Waals surface area (Å²) in [5.41, 5.74) is 4.74. The van der Waals surface area contributed by atoms with Gasteiger partial charge in [-0.05, 0) is 49.4 Å². The van der Waals surface area contributed by atoms with Gasteiger partial charge in [-0.1, -0.05) is 42.0 Å². The molecule has 0 aliphatic carbocycles. The monoisotopic (exact) mass is 276 g/mol. The molecule has 0 saturated carbocycles. The first-order valence-electron chi connectivity index (χ1n) is 6.43. The molecule has 0 nitrogen and oxygen atoms in total. The summed E-state index contributed by atoms with van der Waals surface area (Å²) in [6.07, 6.45) is 0.756. The SMILES string of the molecule is Cc1ccc(CC(Cl)c2cc(C)c(F)c(C)c2)cc1. The van der Waals surface area contributed by atoms with Crippen LogP contribution in [-0.2, 0) is 6.42 Å². The summed E-state index contributed by atoms with van der Waals surface area (Å²) in [6, 6.07) is 12.0. The lowest BCUT2D eigenvalue weighted by atomic mass is 9.99. The first-order chi connectivity index (χ1) is 8.97. The van der Waals surface area contributed by atoms with E-state index < -0.39 is 0 Å². The Kier molecular flexibility index (Phi) is 4.26. The zero-order valence-electron chi connectivity index (χ0n) is 11.5. The second-order valence-corrected chi connectivity index (χ2v) is 5.65. The van der Waals surface area contributed by atoms with Gasteiger partial charge in [0.15, 0.2) is 0 Å². The first kappa shape index (κ1) is 14.1. The average molecular weight is 277 g/mol. The molecule has 100 valence electrons. The molecular formula is C17H18ClF. The van der Waals surface area contributed by atoms with Crippen molar-refractivity contribution >= 4 is 11.6 Å². The normalized spacial score (nSPS) is 12.5. The molecule has 2 heteroatoms. The Morgan fingerprint density at radius 1 is 1.00 bits per heavy atom. The summed E-state index contributed by atoms with van der Waals surface area (Å²) in [7, 11) is 0. The van der Waals surface area contributed by atoms with E-state index in [1.54, 1.807) is 13.8 Å². The summed E-state index contributed by atoms with van der Waals surface area (Å²) in [5.74, 6) is -0.136. The van der Waals surface area contributed by atoms with Crippen LogP contribution in [0.25, 0.3) is 0 Å². The lowest BCUT2D eigenvalue weighted by Crippen LogP contribution is -1.99. The highest BCUT2D eigenvalue weighted by molar-refractivity contribution is 6.20. The van der Waals surface area contributed by atoms with Crippen LogP contribution in [0, 0.1) is 26.6 Å². The summed E-state index contributed by atoms with van der Waals surface area (Å²) in [6.45, 7) is 5.62. The molecule has 0 bridgehead atoms. The highest BCUT2D eigenvalue weighted by Gasteiger charge is 2.12. The van der Waals surface area contributed by atoms with E-state index in [1.165, 1.54) is 11.1 Å². The largest absolute Gasteiger partial charge is 0.206 e. The Bertz CT molecular complexity index is 549. The van der Waals surface area contributed by atoms with E-state index in [0.29, 0.717) is 11.1 Å². The predicted octanol–water partition coefficient (Wildman–Crippen LogP) is 5.27. The number of alkyl halides is 1. The van der Waals surface area contributed by atoms with Gasteiger partial charge in [0.1, 0.15) is 5.82 Å². The van der Waals surface area contributed by atoms with Gasteiger partial charge in [0, 0.05) is 0 Å². The number of halogens is 2. The van der Waals surface area contributed by atoms with Crippen molar-refractivity contribution in [3.63, 3.8) is 0 Å². The molecule has 0 heterocycles. The van der Waals surface area contributed by atoms with Crippen LogP contribution >= 0.6 is 11.6 Å². The zero-order valence-corrected chi connectivity index (χ0v) is 12.3. The molecule has 0 aromatic heterocycles. The minimum atomic E-state index is -0.136. The summed E-state index contributed by atoms with van der Waals surface area (Å²) in [4.78, 5) is 0. The van der Waals surface area contributed by atoms with Gasteiger partial charge in [-0.15, -0.1) is 11.6 Å². The van der Waals surface area contributed by atoms with Crippen LogP contribution in [0.4, 0.5) is 4.39 Å². The molecule has 1 atom stereocenters. The van der Waals surface area contributed by atoms with Crippen molar-refractivity contribution in [2.75, 3.05) is 0 Å². The molecule has 0 radical (unpaired) electrons. The van der Waals surface area contributed by atoms with E-state index in [9.17, 15) is 4.39 Å². The Hall–Kier alpha value is -1.34. The zero-order chi connectivity index (χ0) is 14.0. The molecule has 0 fully saturated rings. The Labute approximate surface area is 119 Å². The molecule has 0 saturated heterocycles. The van der Waals surface area contributed by atoms with E-state index in [4.69, 9.17) is 11.6 Å². The van der Waals surface area contributed by atoms with Gasteiger partial charge in [-0.2, -0.15) is 0 Å². The number of aryl methyl sites for hydroxylation is 3. The quantitative estimate of drug-likeness (QED) is 0.670. The molecule has 0 N–H and O–H groups in total. The van der Waals surface area contributed by atoms with Crippen LogP contribution in [-0.4, -0.2) is 0 Å². The molecule has 2 aromatic carbocycles. The minimum absolute atomic E-state index is 0.124. The second-order valence-electron chi connectivity index (χ2n) is 5.13. The van der Waals surface area contributed by atoms with Crippen LogP contribution in [0.3, 0.4) is 0 Å². The fraction of sp³-hybridized carbons (Fsp3) is 0.294. The second kappa shape index (κ2) is 5.75. The Balaban J connectivity index is 2.20. The third-order valence-electron chi connectivity index (χ3n) is 3.36. The molecule has 1 unspecified atom stereocenters. The van der Waals surface area contributed by atoms with E-state index in [2.05, 4.69) is 31.2 Å². The topological polar surface area (TPSA) is 0 Å². The molecule has 0 aliphatic heterocycles. The van der Waals surface area contributed by atoms with Gasteiger partial charge >= 0.3 is 0 Å². The molecule has 0 amide bonds. The van der Waals surface area contributed by atoms with Crippen molar-refractivity contribution in [2.45, 2.75) is 32.6 Å². The van der Waals surface area contributed by atoms with Crippen LogP contribution < -0.4 is 0 Å². The Morgan fingerprint density at radius 2 is 1.53 bits per heavy atom. The van der Waals surface area contributed by atoms with E-state index in [1.807, 2.05) is 12.1 Å².